The second kappa shape index (κ2) is 6.46. The van der Waals surface area contributed by atoms with E-state index in [-0.39, 0.29) is 24.8 Å². The zero-order chi connectivity index (χ0) is 16.3. The number of carbonyl (C=O) groups is 2. The summed E-state index contributed by atoms with van der Waals surface area (Å²) in [5.74, 6) is -0.133. The molecule has 2 heterocycles. The molecule has 1 amide bonds. The van der Waals surface area contributed by atoms with Crippen molar-refractivity contribution in [3.8, 4) is 0 Å². The fraction of sp³-hybridized carbons (Fsp3) is 0.400. The van der Waals surface area contributed by atoms with E-state index in [9.17, 15) is 9.59 Å². The lowest BCUT2D eigenvalue weighted by molar-refractivity contribution is 0.0488. The van der Waals surface area contributed by atoms with Crippen molar-refractivity contribution in [1.82, 2.24) is 15.1 Å². The lowest BCUT2D eigenvalue weighted by Crippen LogP contribution is -2.23. The first kappa shape index (κ1) is 15.8. The number of esters is 1. The summed E-state index contributed by atoms with van der Waals surface area (Å²) >= 11 is 0. The highest BCUT2D eigenvalue weighted by molar-refractivity contribution is 5.96. The monoisotopic (exact) mass is 305 g/mol. The highest BCUT2D eigenvalue weighted by Crippen LogP contribution is 2.13. The van der Waals surface area contributed by atoms with Crippen LogP contribution < -0.4 is 5.32 Å². The van der Waals surface area contributed by atoms with E-state index in [4.69, 9.17) is 9.15 Å². The van der Waals surface area contributed by atoms with Crippen LogP contribution in [0.25, 0.3) is 0 Å². The number of amides is 1. The van der Waals surface area contributed by atoms with E-state index in [1.807, 2.05) is 6.92 Å². The maximum atomic E-state index is 12.2. The number of carbonyl (C=O) groups excluding carboxylic acids is 2. The highest BCUT2D eigenvalue weighted by atomic mass is 16.5. The molecule has 7 nitrogen and oxygen atoms in total. The fourth-order valence-corrected chi connectivity index (χ4v) is 2.14. The third-order valence-electron chi connectivity index (χ3n) is 3.30. The standard InChI is InChI=1S/C15H19N3O4/c1-5-21-15(20)12-7-6-11(22-12)8-16-14(19)13-9(2)17-18(4)10(13)3/h6-7H,5,8H2,1-4H3,(H,16,19). The van der Waals surface area contributed by atoms with E-state index in [0.29, 0.717) is 17.0 Å². The van der Waals surface area contributed by atoms with Gasteiger partial charge < -0.3 is 14.5 Å². The average molecular weight is 305 g/mol. The van der Waals surface area contributed by atoms with Gasteiger partial charge in [-0.25, -0.2) is 4.79 Å². The van der Waals surface area contributed by atoms with Crippen molar-refractivity contribution >= 4 is 11.9 Å². The van der Waals surface area contributed by atoms with Crippen LogP contribution in [0.5, 0.6) is 0 Å². The summed E-state index contributed by atoms with van der Waals surface area (Å²) < 4.78 is 11.8. The SMILES string of the molecule is CCOC(=O)c1ccc(CNC(=O)c2c(C)nn(C)c2C)o1. The molecule has 1 N–H and O–H groups in total. The molecule has 2 aromatic rings. The minimum Gasteiger partial charge on any atom is -0.460 e. The van der Waals surface area contributed by atoms with E-state index in [1.54, 1.807) is 31.6 Å². The molecule has 0 radical (unpaired) electrons. The number of hydrogen-bond acceptors (Lipinski definition) is 5. The van der Waals surface area contributed by atoms with Gasteiger partial charge in [0.2, 0.25) is 5.76 Å². The molecule has 0 atom stereocenters. The van der Waals surface area contributed by atoms with Crippen molar-refractivity contribution in [2.24, 2.45) is 7.05 Å². The van der Waals surface area contributed by atoms with Crippen molar-refractivity contribution in [2.75, 3.05) is 6.61 Å². The Morgan fingerprint density at radius 2 is 2.09 bits per heavy atom. The van der Waals surface area contributed by atoms with Crippen molar-refractivity contribution < 1.29 is 18.7 Å². The highest BCUT2D eigenvalue weighted by Gasteiger charge is 2.18. The Kier molecular flexibility index (Phi) is 4.65. The first-order chi connectivity index (χ1) is 10.4. The van der Waals surface area contributed by atoms with E-state index in [1.165, 1.54) is 6.07 Å². The molecule has 0 bridgehead atoms. The van der Waals surface area contributed by atoms with Crippen LogP contribution in [0.4, 0.5) is 0 Å². The van der Waals surface area contributed by atoms with Gasteiger partial charge in [-0.2, -0.15) is 5.10 Å². The Labute approximate surface area is 128 Å². The molecule has 0 aliphatic rings. The molecule has 22 heavy (non-hydrogen) atoms. The molecule has 0 saturated carbocycles. The summed E-state index contributed by atoms with van der Waals surface area (Å²) in [6, 6.07) is 3.16. The predicted molar refractivity (Wildman–Crippen MR) is 78.5 cm³/mol. The summed E-state index contributed by atoms with van der Waals surface area (Å²) in [4.78, 5) is 23.7. The molecular formula is C15H19N3O4. The van der Waals surface area contributed by atoms with Crippen LogP contribution in [-0.4, -0.2) is 28.3 Å². The van der Waals surface area contributed by atoms with Gasteiger partial charge in [-0.15, -0.1) is 0 Å². The largest absolute Gasteiger partial charge is 0.460 e. The Morgan fingerprint density at radius 3 is 2.68 bits per heavy atom. The second-order valence-corrected chi connectivity index (χ2v) is 4.84. The molecule has 2 aromatic heterocycles. The molecule has 0 aromatic carbocycles. The van der Waals surface area contributed by atoms with Gasteiger partial charge in [-0.05, 0) is 32.9 Å². The number of nitrogens with one attached hydrogen (secondary N) is 1. The van der Waals surface area contributed by atoms with Crippen molar-refractivity contribution in [3.63, 3.8) is 0 Å². The van der Waals surface area contributed by atoms with Crippen molar-refractivity contribution in [3.05, 3.63) is 40.6 Å². The number of furan rings is 1. The minimum absolute atomic E-state index is 0.125. The molecule has 0 aliphatic carbocycles. The maximum absolute atomic E-state index is 12.2. The quantitative estimate of drug-likeness (QED) is 0.850. The summed E-state index contributed by atoms with van der Waals surface area (Å²) in [7, 11) is 1.79. The van der Waals surface area contributed by atoms with Gasteiger partial charge in [0.05, 0.1) is 24.4 Å². The van der Waals surface area contributed by atoms with E-state index in [2.05, 4.69) is 10.4 Å². The van der Waals surface area contributed by atoms with Crippen molar-refractivity contribution in [2.45, 2.75) is 27.3 Å². The van der Waals surface area contributed by atoms with Gasteiger partial charge in [0.25, 0.3) is 5.91 Å². The van der Waals surface area contributed by atoms with Crippen molar-refractivity contribution in [1.29, 1.82) is 0 Å². The smallest absolute Gasteiger partial charge is 0.374 e. The van der Waals surface area contributed by atoms with Crippen LogP contribution in [0.3, 0.4) is 0 Å². The number of aryl methyl sites for hydroxylation is 2. The second-order valence-electron chi connectivity index (χ2n) is 4.84. The molecule has 0 saturated heterocycles. The number of hydrogen-bond donors (Lipinski definition) is 1. The van der Waals surface area contributed by atoms with E-state index >= 15 is 0 Å². The molecule has 0 fully saturated rings. The molecular weight excluding hydrogens is 286 g/mol. The predicted octanol–water partition coefficient (Wildman–Crippen LogP) is 1.74. The van der Waals surface area contributed by atoms with Crippen LogP contribution in [0, 0.1) is 13.8 Å². The average Bonchev–Trinajstić information content (AvgIpc) is 3.03. The van der Waals surface area contributed by atoms with Crippen LogP contribution in [0.2, 0.25) is 0 Å². The van der Waals surface area contributed by atoms with Gasteiger partial charge in [-0.1, -0.05) is 0 Å². The Balaban J connectivity index is 2.01. The van der Waals surface area contributed by atoms with Crippen LogP contribution >= 0.6 is 0 Å². The topological polar surface area (TPSA) is 86.4 Å². The first-order valence-electron chi connectivity index (χ1n) is 6.98. The molecule has 0 unspecified atom stereocenters. The summed E-state index contributed by atoms with van der Waals surface area (Å²) in [5, 5.41) is 6.96. The first-order valence-corrected chi connectivity index (χ1v) is 6.98. The van der Waals surface area contributed by atoms with Gasteiger partial charge in [0.1, 0.15) is 5.76 Å². The Bertz CT molecular complexity index is 700. The Morgan fingerprint density at radius 1 is 1.36 bits per heavy atom. The lowest BCUT2D eigenvalue weighted by atomic mass is 10.2. The molecule has 118 valence electrons. The zero-order valence-electron chi connectivity index (χ0n) is 13.1. The van der Waals surface area contributed by atoms with Crippen LogP contribution in [0.1, 0.15) is 45.0 Å². The van der Waals surface area contributed by atoms with Crippen LogP contribution in [-0.2, 0) is 18.3 Å². The number of aromatic nitrogens is 2. The number of nitrogens with zero attached hydrogens (tertiary/aromatic N) is 2. The van der Waals surface area contributed by atoms with E-state index in [0.717, 1.165) is 5.69 Å². The molecule has 2 rings (SSSR count). The van der Waals surface area contributed by atoms with Gasteiger partial charge in [0.15, 0.2) is 0 Å². The van der Waals surface area contributed by atoms with Crippen LogP contribution in [0.15, 0.2) is 16.5 Å². The summed E-state index contributed by atoms with van der Waals surface area (Å²) in [6.07, 6.45) is 0. The lowest BCUT2D eigenvalue weighted by Gasteiger charge is -2.04. The normalized spacial score (nSPS) is 10.5. The van der Waals surface area contributed by atoms with Gasteiger partial charge in [0, 0.05) is 12.7 Å². The summed E-state index contributed by atoms with van der Waals surface area (Å²) in [5.41, 5.74) is 2.02. The zero-order valence-corrected chi connectivity index (χ0v) is 13.1. The minimum atomic E-state index is -0.515. The van der Waals surface area contributed by atoms with Gasteiger partial charge in [-0.3, -0.25) is 9.48 Å². The molecule has 7 heteroatoms. The maximum Gasteiger partial charge on any atom is 0.374 e. The number of rotatable bonds is 5. The third-order valence-corrected chi connectivity index (χ3v) is 3.30. The fourth-order valence-electron chi connectivity index (χ4n) is 2.14. The van der Waals surface area contributed by atoms with E-state index < -0.39 is 5.97 Å². The molecule has 0 spiro atoms. The summed E-state index contributed by atoms with van der Waals surface area (Å²) in [6.45, 7) is 5.81. The van der Waals surface area contributed by atoms with Gasteiger partial charge >= 0.3 is 5.97 Å². The molecule has 0 aliphatic heterocycles. The third kappa shape index (κ3) is 3.19. The Hall–Kier alpha value is -2.57. The number of ether oxygens (including phenoxy) is 1.